The summed E-state index contributed by atoms with van der Waals surface area (Å²) in [6, 6.07) is 1.90. The van der Waals surface area contributed by atoms with Gasteiger partial charge in [-0.25, -0.2) is 13.4 Å². The first kappa shape index (κ1) is 18.0. The molecule has 0 bridgehead atoms. The molecule has 2 N–H and O–H groups in total. The van der Waals surface area contributed by atoms with Crippen molar-refractivity contribution in [2.45, 2.75) is 12.6 Å². The van der Waals surface area contributed by atoms with Crippen LogP contribution in [0.1, 0.15) is 12.0 Å². The third kappa shape index (κ3) is 4.55. The minimum Gasteiger partial charge on any atom is -0.354 e. The van der Waals surface area contributed by atoms with E-state index in [0.717, 1.165) is 18.3 Å². The van der Waals surface area contributed by atoms with Crippen LogP contribution in [0.4, 0.5) is 19.0 Å². The van der Waals surface area contributed by atoms with Crippen LogP contribution in [0.25, 0.3) is 0 Å². The maximum absolute atomic E-state index is 12.7. The van der Waals surface area contributed by atoms with Gasteiger partial charge in [-0.3, -0.25) is 0 Å². The summed E-state index contributed by atoms with van der Waals surface area (Å²) in [7, 11) is -3.36. The number of piperazine rings is 1. The SMILES string of the molecule is NCCCS(=O)(=O)N1CCN(c2cc(C(F)(F)F)ccn2)CC1. The summed E-state index contributed by atoms with van der Waals surface area (Å²) in [5.74, 6) is 0.199. The lowest BCUT2D eigenvalue weighted by Crippen LogP contribution is -2.49. The van der Waals surface area contributed by atoms with Gasteiger partial charge in [0.15, 0.2) is 0 Å². The summed E-state index contributed by atoms with van der Waals surface area (Å²) in [6.07, 6.45) is -2.93. The van der Waals surface area contributed by atoms with Crippen molar-refractivity contribution < 1.29 is 21.6 Å². The summed E-state index contributed by atoms with van der Waals surface area (Å²) in [5, 5.41) is 0. The van der Waals surface area contributed by atoms with Crippen LogP contribution >= 0.6 is 0 Å². The van der Waals surface area contributed by atoms with Crippen LogP contribution in [0, 0.1) is 0 Å². The van der Waals surface area contributed by atoms with Gasteiger partial charge in [0.25, 0.3) is 0 Å². The van der Waals surface area contributed by atoms with E-state index in [0.29, 0.717) is 26.1 Å². The molecule has 10 heteroatoms. The number of anilines is 1. The minimum atomic E-state index is -4.43. The molecule has 6 nitrogen and oxygen atoms in total. The first-order chi connectivity index (χ1) is 10.7. The van der Waals surface area contributed by atoms with Crippen LogP contribution in [0.15, 0.2) is 18.3 Å². The van der Waals surface area contributed by atoms with E-state index < -0.39 is 21.8 Å². The molecule has 2 rings (SSSR count). The van der Waals surface area contributed by atoms with E-state index in [9.17, 15) is 21.6 Å². The number of sulfonamides is 1. The van der Waals surface area contributed by atoms with Gasteiger partial charge in [0.2, 0.25) is 10.0 Å². The molecule has 0 aliphatic carbocycles. The highest BCUT2D eigenvalue weighted by atomic mass is 32.2. The van der Waals surface area contributed by atoms with Gasteiger partial charge >= 0.3 is 6.18 Å². The zero-order chi connectivity index (χ0) is 17.1. The number of pyridine rings is 1. The number of hydrogen-bond acceptors (Lipinski definition) is 5. The quantitative estimate of drug-likeness (QED) is 0.852. The molecule has 1 aliphatic heterocycles. The highest BCUT2D eigenvalue weighted by molar-refractivity contribution is 7.89. The summed E-state index contributed by atoms with van der Waals surface area (Å²) in [4.78, 5) is 5.61. The average Bonchev–Trinajstić information content (AvgIpc) is 2.52. The van der Waals surface area contributed by atoms with E-state index in [-0.39, 0.29) is 24.7 Å². The molecule has 0 radical (unpaired) electrons. The molecule has 1 saturated heterocycles. The Morgan fingerprint density at radius 1 is 1.22 bits per heavy atom. The van der Waals surface area contributed by atoms with E-state index in [2.05, 4.69) is 4.98 Å². The number of halogens is 3. The van der Waals surface area contributed by atoms with Crippen LogP contribution in [0.5, 0.6) is 0 Å². The molecule has 1 aromatic rings. The lowest BCUT2D eigenvalue weighted by molar-refractivity contribution is -0.137. The number of nitrogens with two attached hydrogens (primary N) is 1. The second kappa shape index (κ2) is 7.02. The largest absolute Gasteiger partial charge is 0.416 e. The molecular formula is C13H19F3N4O2S. The zero-order valence-electron chi connectivity index (χ0n) is 12.5. The van der Waals surface area contributed by atoms with Crippen LogP contribution in [-0.2, 0) is 16.2 Å². The molecule has 0 saturated carbocycles. The van der Waals surface area contributed by atoms with Crippen molar-refractivity contribution in [2.24, 2.45) is 5.73 Å². The Kier molecular flexibility index (Phi) is 5.48. The van der Waals surface area contributed by atoms with Crippen molar-refractivity contribution >= 4 is 15.8 Å². The molecule has 1 aromatic heterocycles. The van der Waals surface area contributed by atoms with Gasteiger partial charge in [0.05, 0.1) is 11.3 Å². The topological polar surface area (TPSA) is 79.5 Å². The fourth-order valence-electron chi connectivity index (χ4n) is 2.36. The van der Waals surface area contributed by atoms with Crippen molar-refractivity contribution in [3.8, 4) is 0 Å². The Morgan fingerprint density at radius 3 is 2.43 bits per heavy atom. The molecule has 130 valence electrons. The zero-order valence-corrected chi connectivity index (χ0v) is 13.3. The first-order valence-electron chi connectivity index (χ1n) is 7.20. The first-order valence-corrected chi connectivity index (χ1v) is 8.81. The van der Waals surface area contributed by atoms with E-state index in [1.807, 2.05) is 0 Å². The molecule has 2 heterocycles. The standard InChI is InChI=1S/C13H19F3N4O2S/c14-13(15,16)11-2-4-18-12(10-11)19-5-7-20(8-6-19)23(21,22)9-1-3-17/h2,4,10H,1,3,5-9,17H2. The Labute approximate surface area is 133 Å². The summed E-state index contributed by atoms with van der Waals surface area (Å²) >= 11 is 0. The van der Waals surface area contributed by atoms with Crippen molar-refractivity contribution in [1.29, 1.82) is 0 Å². The van der Waals surface area contributed by atoms with Crippen LogP contribution < -0.4 is 10.6 Å². The fraction of sp³-hybridized carbons (Fsp3) is 0.615. The molecule has 0 amide bonds. The van der Waals surface area contributed by atoms with E-state index in [4.69, 9.17) is 5.73 Å². The van der Waals surface area contributed by atoms with Gasteiger partial charge in [-0.15, -0.1) is 0 Å². The van der Waals surface area contributed by atoms with Crippen LogP contribution in [0.3, 0.4) is 0 Å². The third-order valence-electron chi connectivity index (χ3n) is 3.64. The number of hydrogen-bond donors (Lipinski definition) is 1. The lowest BCUT2D eigenvalue weighted by atomic mass is 10.2. The predicted octanol–water partition coefficient (Wildman–Crippen LogP) is 0.901. The molecule has 23 heavy (non-hydrogen) atoms. The number of rotatable bonds is 5. The van der Waals surface area contributed by atoms with Crippen molar-refractivity contribution in [3.05, 3.63) is 23.9 Å². The monoisotopic (exact) mass is 352 g/mol. The van der Waals surface area contributed by atoms with Crippen LogP contribution in [0.2, 0.25) is 0 Å². The Balaban J connectivity index is 2.02. The van der Waals surface area contributed by atoms with Crippen molar-refractivity contribution in [3.63, 3.8) is 0 Å². The number of alkyl halides is 3. The predicted molar refractivity (Wildman–Crippen MR) is 80.5 cm³/mol. The van der Waals surface area contributed by atoms with Gasteiger partial charge in [-0.05, 0) is 25.1 Å². The highest BCUT2D eigenvalue weighted by Gasteiger charge is 2.32. The van der Waals surface area contributed by atoms with E-state index in [1.165, 1.54) is 4.31 Å². The second-order valence-corrected chi connectivity index (χ2v) is 7.33. The summed E-state index contributed by atoms with van der Waals surface area (Å²) in [6.45, 7) is 1.36. The lowest BCUT2D eigenvalue weighted by Gasteiger charge is -2.34. The Bertz CT molecular complexity index is 628. The minimum absolute atomic E-state index is 0.00862. The molecule has 0 aromatic carbocycles. The molecule has 0 spiro atoms. The van der Waals surface area contributed by atoms with Gasteiger partial charge < -0.3 is 10.6 Å². The van der Waals surface area contributed by atoms with Crippen molar-refractivity contribution in [2.75, 3.05) is 43.4 Å². The second-order valence-electron chi connectivity index (χ2n) is 5.24. The van der Waals surface area contributed by atoms with E-state index in [1.54, 1.807) is 4.90 Å². The normalized spacial score (nSPS) is 17.5. The highest BCUT2D eigenvalue weighted by Crippen LogP contribution is 2.30. The summed E-state index contributed by atoms with van der Waals surface area (Å²) in [5.41, 5.74) is 4.56. The van der Waals surface area contributed by atoms with E-state index >= 15 is 0 Å². The average molecular weight is 352 g/mol. The smallest absolute Gasteiger partial charge is 0.354 e. The molecule has 0 atom stereocenters. The van der Waals surface area contributed by atoms with Gasteiger partial charge in [0.1, 0.15) is 5.82 Å². The number of aromatic nitrogens is 1. The maximum atomic E-state index is 12.7. The fourth-order valence-corrected chi connectivity index (χ4v) is 3.87. The van der Waals surface area contributed by atoms with Gasteiger partial charge in [-0.1, -0.05) is 0 Å². The van der Waals surface area contributed by atoms with Gasteiger partial charge in [0, 0.05) is 32.4 Å². The van der Waals surface area contributed by atoms with Gasteiger partial charge in [-0.2, -0.15) is 17.5 Å². The molecule has 1 fully saturated rings. The maximum Gasteiger partial charge on any atom is 0.416 e. The van der Waals surface area contributed by atoms with Crippen molar-refractivity contribution in [1.82, 2.24) is 9.29 Å². The Hall–Kier alpha value is -1.39. The molecule has 0 unspecified atom stereocenters. The third-order valence-corrected chi connectivity index (χ3v) is 5.59. The molecule has 1 aliphatic rings. The molecular weight excluding hydrogens is 333 g/mol. The van der Waals surface area contributed by atoms with Crippen LogP contribution in [-0.4, -0.2) is 56.2 Å². The number of nitrogens with zero attached hydrogens (tertiary/aromatic N) is 3. The Morgan fingerprint density at radius 2 is 1.87 bits per heavy atom. The summed E-state index contributed by atoms with van der Waals surface area (Å²) < 4.78 is 63.7.